The minimum atomic E-state index is -0.693. The highest BCUT2D eigenvalue weighted by Gasteiger charge is 2.10. The number of benzene rings is 2. The topological polar surface area (TPSA) is 55.1 Å². The molecule has 2 aromatic carbocycles. The molecule has 0 unspecified atom stereocenters. The van der Waals surface area contributed by atoms with Crippen molar-refractivity contribution in [2.24, 2.45) is 5.73 Å². The van der Waals surface area contributed by atoms with Gasteiger partial charge in [-0.2, -0.15) is 0 Å². The van der Waals surface area contributed by atoms with Gasteiger partial charge in [-0.15, -0.1) is 0 Å². The van der Waals surface area contributed by atoms with Gasteiger partial charge >= 0.3 is 0 Å². The number of nitrogens with two attached hydrogens (primary N) is 1. The van der Waals surface area contributed by atoms with E-state index in [2.05, 4.69) is 21.2 Å². The molecule has 0 aliphatic rings. The average Bonchev–Trinajstić information content (AvgIpc) is 2.43. The van der Waals surface area contributed by atoms with Crippen LogP contribution in [0.15, 0.2) is 34.8 Å². The van der Waals surface area contributed by atoms with E-state index >= 15 is 0 Å². The van der Waals surface area contributed by atoms with Crippen molar-refractivity contribution in [1.29, 1.82) is 0 Å². The van der Waals surface area contributed by atoms with Crippen LogP contribution in [0.1, 0.15) is 21.5 Å². The predicted molar refractivity (Wildman–Crippen MR) is 81.1 cm³/mol. The number of carbonyl (C=O) groups excluding carboxylic acids is 1. The van der Waals surface area contributed by atoms with Crippen molar-refractivity contribution in [3.8, 4) is 0 Å². The van der Waals surface area contributed by atoms with Gasteiger partial charge in [0.1, 0.15) is 11.6 Å². The van der Waals surface area contributed by atoms with Gasteiger partial charge in [0, 0.05) is 23.4 Å². The summed E-state index contributed by atoms with van der Waals surface area (Å²) < 4.78 is 27.2. The zero-order valence-electron chi connectivity index (χ0n) is 11.2. The van der Waals surface area contributed by atoms with Crippen LogP contribution in [-0.2, 0) is 6.54 Å². The maximum atomic E-state index is 13.7. The Labute approximate surface area is 129 Å². The lowest BCUT2D eigenvalue weighted by atomic mass is 10.1. The molecule has 0 aromatic heterocycles. The Kier molecular flexibility index (Phi) is 4.57. The number of primary amides is 1. The lowest BCUT2D eigenvalue weighted by molar-refractivity contribution is 0.1000. The molecule has 0 radical (unpaired) electrons. The number of anilines is 1. The Morgan fingerprint density at radius 3 is 2.57 bits per heavy atom. The molecule has 0 fully saturated rings. The maximum absolute atomic E-state index is 13.7. The first kappa shape index (κ1) is 15.4. The first-order valence-corrected chi connectivity index (χ1v) is 6.95. The summed E-state index contributed by atoms with van der Waals surface area (Å²) in [6.45, 7) is 1.96. The fourth-order valence-corrected chi connectivity index (χ4v) is 2.28. The SMILES string of the molecule is Cc1c(F)cc(C(N)=O)cc1NCc1ccc(F)c(Br)c1. The summed E-state index contributed by atoms with van der Waals surface area (Å²) in [6.07, 6.45) is 0. The number of rotatable bonds is 4. The van der Waals surface area contributed by atoms with Crippen molar-refractivity contribution < 1.29 is 13.6 Å². The fraction of sp³-hybridized carbons (Fsp3) is 0.133. The smallest absolute Gasteiger partial charge is 0.248 e. The van der Waals surface area contributed by atoms with Gasteiger partial charge in [-0.25, -0.2) is 8.78 Å². The molecule has 0 saturated heterocycles. The van der Waals surface area contributed by atoms with Crippen LogP contribution in [0, 0.1) is 18.6 Å². The van der Waals surface area contributed by atoms with E-state index in [1.807, 2.05) is 0 Å². The van der Waals surface area contributed by atoms with Crippen LogP contribution in [0.3, 0.4) is 0 Å². The second-order valence-electron chi connectivity index (χ2n) is 4.60. The molecular formula is C15H13BrF2N2O. The van der Waals surface area contributed by atoms with Crippen LogP contribution < -0.4 is 11.1 Å². The minimum absolute atomic E-state index is 0.0980. The van der Waals surface area contributed by atoms with Crippen molar-refractivity contribution in [3.05, 3.63) is 63.1 Å². The van der Waals surface area contributed by atoms with Gasteiger partial charge in [-0.3, -0.25) is 4.79 Å². The average molecular weight is 355 g/mol. The molecule has 0 aliphatic heterocycles. The molecule has 3 N–H and O–H groups in total. The molecule has 110 valence electrons. The molecule has 21 heavy (non-hydrogen) atoms. The quantitative estimate of drug-likeness (QED) is 0.878. The molecule has 2 rings (SSSR count). The fourth-order valence-electron chi connectivity index (χ4n) is 1.85. The molecule has 0 bridgehead atoms. The monoisotopic (exact) mass is 354 g/mol. The third-order valence-corrected chi connectivity index (χ3v) is 3.70. The maximum Gasteiger partial charge on any atom is 0.248 e. The minimum Gasteiger partial charge on any atom is -0.381 e. The van der Waals surface area contributed by atoms with Gasteiger partial charge in [0.2, 0.25) is 5.91 Å². The van der Waals surface area contributed by atoms with Crippen molar-refractivity contribution >= 4 is 27.5 Å². The normalized spacial score (nSPS) is 10.5. The van der Waals surface area contributed by atoms with E-state index in [0.717, 1.165) is 11.6 Å². The molecule has 0 heterocycles. The molecule has 0 spiro atoms. The number of halogens is 3. The first-order chi connectivity index (χ1) is 9.88. The number of amides is 1. The summed E-state index contributed by atoms with van der Waals surface area (Å²) in [5.41, 5.74) is 6.94. The Bertz CT molecular complexity index is 704. The number of carbonyl (C=O) groups is 1. The number of hydrogen-bond acceptors (Lipinski definition) is 2. The summed E-state index contributed by atoms with van der Waals surface area (Å²) in [6, 6.07) is 7.20. The number of hydrogen-bond donors (Lipinski definition) is 2. The molecule has 1 amide bonds. The molecule has 0 aliphatic carbocycles. The molecular weight excluding hydrogens is 342 g/mol. The van der Waals surface area contributed by atoms with Crippen LogP contribution in [0.5, 0.6) is 0 Å². The van der Waals surface area contributed by atoms with Gasteiger partial charge in [0.05, 0.1) is 4.47 Å². The van der Waals surface area contributed by atoms with E-state index in [4.69, 9.17) is 5.73 Å². The van der Waals surface area contributed by atoms with Crippen LogP contribution >= 0.6 is 15.9 Å². The van der Waals surface area contributed by atoms with Crippen molar-refractivity contribution in [1.82, 2.24) is 0 Å². The predicted octanol–water partition coefficient (Wildman–Crippen LogP) is 3.75. The van der Waals surface area contributed by atoms with E-state index in [1.165, 1.54) is 12.1 Å². The summed E-state index contributed by atoms with van der Waals surface area (Å²) in [5.74, 6) is -1.55. The molecule has 2 aromatic rings. The van der Waals surface area contributed by atoms with Crippen LogP contribution in [-0.4, -0.2) is 5.91 Å². The Morgan fingerprint density at radius 1 is 1.24 bits per heavy atom. The summed E-state index contributed by atoms with van der Waals surface area (Å²) in [5, 5.41) is 3.02. The Morgan fingerprint density at radius 2 is 1.95 bits per heavy atom. The molecule has 3 nitrogen and oxygen atoms in total. The molecule has 6 heteroatoms. The largest absolute Gasteiger partial charge is 0.381 e. The van der Waals surface area contributed by atoms with Crippen LogP contribution in [0.2, 0.25) is 0 Å². The van der Waals surface area contributed by atoms with Gasteiger partial charge in [-0.05, 0) is 52.7 Å². The highest BCUT2D eigenvalue weighted by atomic mass is 79.9. The van der Waals surface area contributed by atoms with E-state index in [9.17, 15) is 13.6 Å². The zero-order chi connectivity index (χ0) is 15.6. The zero-order valence-corrected chi connectivity index (χ0v) is 12.8. The molecule has 0 atom stereocenters. The summed E-state index contributed by atoms with van der Waals surface area (Å²) in [7, 11) is 0. The highest BCUT2D eigenvalue weighted by molar-refractivity contribution is 9.10. The van der Waals surface area contributed by atoms with Gasteiger partial charge in [0.15, 0.2) is 0 Å². The van der Waals surface area contributed by atoms with Crippen LogP contribution in [0.4, 0.5) is 14.5 Å². The standard InChI is InChI=1S/C15H13BrF2N2O/c1-8-13(18)5-10(15(19)21)6-14(8)20-7-9-2-3-12(17)11(16)4-9/h2-6,20H,7H2,1H3,(H2,19,21). The van der Waals surface area contributed by atoms with E-state index < -0.39 is 11.7 Å². The third-order valence-electron chi connectivity index (χ3n) is 3.10. The first-order valence-electron chi connectivity index (χ1n) is 6.16. The lowest BCUT2D eigenvalue weighted by Crippen LogP contribution is -2.13. The summed E-state index contributed by atoms with van der Waals surface area (Å²) in [4.78, 5) is 11.2. The van der Waals surface area contributed by atoms with Crippen LogP contribution in [0.25, 0.3) is 0 Å². The lowest BCUT2D eigenvalue weighted by Gasteiger charge is -2.12. The van der Waals surface area contributed by atoms with Gasteiger partial charge in [-0.1, -0.05) is 6.07 Å². The molecule has 0 saturated carbocycles. The van der Waals surface area contributed by atoms with Gasteiger partial charge < -0.3 is 11.1 Å². The second-order valence-corrected chi connectivity index (χ2v) is 5.45. The Balaban J connectivity index is 2.23. The third kappa shape index (κ3) is 3.58. The summed E-state index contributed by atoms with van der Waals surface area (Å²) >= 11 is 3.11. The Hall–Kier alpha value is -1.95. The van der Waals surface area contributed by atoms with Gasteiger partial charge in [0.25, 0.3) is 0 Å². The second kappa shape index (κ2) is 6.22. The van der Waals surface area contributed by atoms with Crippen molar-refractivity contribution in [2.45, 2.75) is 13.5 Å². The van der Waals surface area contributed by atoms with Crippen molar-refractivity contribution in [2.75, 3.05) is 5.32 Å². The highest BCUT2D eigenvalue weighted by Crippen LogP contribution is 2.22. The van der Waals surface area contributed by atoms with E-state index in [0.29, 0.717) is 22.3 Å². The van der Waals surface area contributed by atoms with E-state index in [1.54, 1.807) is 19.1 Å². The number of nitrogens with one attached hydrogen (secondary N) is 1. The van der Waals surface area contributed by atoms with E-state index in [-0.39, 0.29) is 11.4 Å². The van der Waals surface area contributed by atoms with Crippen molar-refractivity contribution in [3.63, 3.8) is 0 Å².